The van der Waals surface area contributed by atoms with Crippen molar-refractivity contribution in [2.75, 3.05) is 12.3 Å². The lowest BCUT2D eigenvalue weighted by atomic mass is 10.0. The highest BCUT2D eigenvalue weighted by Gasteiger charge is 2.34. The molecule has 184 valence electrons. The van der Waals surface area contributed by atoms with E-state index in [4.69, 9.17) is 11.5 Å². The number of aromatic nitrogens is 1. The van der Waals surface area contributed by atoms with Gasteiger partial charge in [0.1, 0.15) is 10.9 Å². The standard InChI is InChI=1S/C26H31N5O3S/c1-16(2)13-14-29-25(33)22(19-11-9-17(3)10-12-19)31(15-18-7-5-4-6-8-18)26(34)23-20(27)21(24(28)32)30-35-23/h4-12,16,22H,13-15,27H2,1-3H3,(H2,28,32)(H,29,33)/t22-/m0/s1. The summed E-state index contributed by atoms with van der Waals surface area (Å²) in [7, 11) is 0. The molecule has 35 heavy (non-hydrogen) atoms. The number of carbonyl (C=O) groups is 3. The first-order valence-corrected chi connectivity index (χ1v) is 12.2. The summed E-state index contributed by atoms with van der Waals surface area (Å²) in [6, 6.07) is 16.0. The van der Waals surface area contributed by atoms with E-state index in [0.717, 1.165) is 29.1 Å². The Balaban J connectivity index is 2.07. The van der Waals surface area contributed by atoms with Gasteiger partial charge in [-0.05, 0) is 41.9 Å². The molecule has 0 radical (unpaired) electrons. The number of benzene rings is 2. The molecule has 3 amide bonds. The molecule has 0 bridgehead atoms. The predicted molar refractivity (Wildman–Crippen MR) is 138 cm³/mol. The number of carbonyl (C=O) groups excluding carboxylic acids is 3. The Morgan fingerprint density at radius 2 is 1.71 bits per heavy atom. The van der Waals surface area contributed by atoms with Gasteiger partial charge in [-0.2, -0.15) is 4.37 Å². The molecule has 0 saturated heterocycles. The van der Waals surface area contributed by atoms with Crippen LogP contribution in [0.25, 0.3) is 0 Å². The quantitative estimate of drug-likeness (QED) is 0.396. The van der Waals surface area contributed by atoms with Crippen molar-refractivity contribution in [2.24, 2.45) is 11.7 Å². The maximum atomic E-state index is 13.9. The van der Waals surface area contributed by atoms with Gasteiger partial charge in [0.25, 0.3) is 11.8 Å². The first kappa shape index (κ1) is 25.9. The van der Waals surface area contributed by atoms with Crippen molar-refractivity contribution >= 4 is 34.9 Å². The zero-order valence-electron chi connectivity index (χ0n) is 20.2. The lowest BCUT2D eigenvalue weighted by molar-refractivity contribution is -0.126. The minimum Gasteiger partial charge on any atom is -0.395 e. The normalized spacial score (nSPS) is 11.8. The lowest BCUT2D eigenvalue weighted by Gasteiger charge is -2.31. The summed E-state index contributed by atoms with van der Waals surface area (Å²) >= 11 is 0.801. The molecule has 0 aliphatic carbocycles. The Morgan fingerprint density at radius 3 is 2.29 bits per heavy atom. The van der Waals surface area contributed by atoms with E-state index >= 15 is 0 Å². The summed E-state index contributed by atoms with van der Waals surface area (Å²) in [5, 5.41) is 2.99. The molecule has 0 fully saturated rings. The van der Waals surface area contributed by atoms with E-state index in [9.17, 15) is 14.4 Å². The van der Waals surface area contributed by atoms with Crippen molar-refractivity contribution in [1.82, 2.24) is 14.6 Å². The van der Waals surface area contributed by atoms with E-state index in [1.807, 2.05) is 61.5 Å². The highest BCUT2D eigenvalue weighted by atomic mass is 32.1. The first-order chi connectivity index (χ1) is 16.7. The van der Waals surface area contributed by atoms with Gasteiger partial charge >= 0.3 is 0 Å². The molecule has 1 aromatic heterocycles. The number of amides is 3. The highest BCUT2D eigenvalue weighted by Crippen LogP contribution is 2.30. The van der Waals surface area contributed by atoms with Crippen LogP contribution in [0.3, 0.4) is 0 Å². The van der Waals surface area contributed by atoms with Crippen LogP contribution < -0.4 is 16.8 Å². The monoisotopic (exact) mass is 493 g/mol. The van der Waals surface area contributed by atoms with Crippen molar-refractivity contribution < 1.29 is 14.4 Å². The fourth-order valence-corrected chi connectivity index (χ4v) is 4.38. The van der Waals surface area contributed by atoms with E-state index in [0.29, 0.717) is 18.0 Å². The average molecular weight is 494 g/mol. The third kappa shape index (κ3) is 6.45. The summed E-state index contributed by atoms with van der Waals surface area (Å²) in [6.07, 6.45) is 0.808. The van der Waals surface area contributed by atoms with Gasteiger partial charge in [0.15, 0.2) is 5.69 Å². The maximum absolute atomic E-state index is 13.9. The summed E-state index contributed by atoms with van der Waals surface area (Å²) in [6.45, 7) is 6.76. The summed E-state index contributed by atoms with van der Waals surface area (Å²) < 4.78 is 3.98. The molecule has 3 rings (SSSR count). The molecule has 2 aromatic carbocycles. The second kappa shape index (κ2) is 11.6. The van der Waals surface area contributed by atoms with Crippen molar-refractivity contribution in [3.63, 3.8) is 0 Å². The fourth-order valence-electron chi connectivity index (χ4n) is 3.62. The van der Waals surface area contributed by atoms with Crippen LogP contribution in [-0.4, -0.2) is 33.5 Å². The van der Waals surface area contributed by atoms with Crippen molar-refractivity contribution in [2.45, 2.75) is 39.8 Å². The van der Waals surface area contributed by atoms with Crippen LogP contribution in [0.2, 0.25) is 0 Å². The van der Waals surface area contributed by atoms with E-state index in [-0.39, 0.29) is 28.7 Å². The SMILES string of the molecule is Cc1ccc([C@@H](C(=O)NCCC(C)C)N(Cc2ccccc2)C(=O)c2snc(C(N)=O)c2N)cc1. The number of hydrogen-bond donors (Lipinski definition) is 3. The Labute approximate surface area is 209 Å². The van der Waals surface area contributed by atoms with Crippen LogP contribution in [0.4, 0.5) is 5.69 Å². The van der Waals surface area contributed by atoms with Gasteiger partial charge in [0.05, 0.1) is 5.69 Å². The largest absolute Gasteiger partial charge is 0.395 e. The van der Waals surface area contributed by atoms with E-state index in [2.05, 4.69) is 23.5 Å². The lowest BCUT2D eigenvalue weighted by Crippen LogP contribution is -2.43. The summed E-state index contributed by atoms with van der Waals surface area (Å²) in [5.41, 5.74) is 13.8. The Bertz CT molecular complexity index is 1180. The van der Waals surface area contributed by atoms with Crippen LogP contribution in [0.1, 0.15) is 63.2 Å². The van der Waals surface area contributed by atoms with Crippen LogP contribution in [-0.2, 0) is 11.3 Å². The van der Waals surface area contributed by atoms with Gasteiger partial charge in [-0.3, -0.25) is 14.4 Å². The molecule has 0 aliphatic heterocycles. The molecule has 8 nitrogen and oxygen atoms in total. The molecule has 9 heteroatoms. The van der Waals surface area contributed by atoms with Crippen LogP contribution in [0.5, 0.6) is 0 Å². The highest BCUT2D eigenvalue weighted by molar-refractivity contribution is 7.09. The molecule has 0 saturated carbocycles. The topological polar surface area (TPSA) is 131 Å². The molecule has 5 N–H and O–H groups in total. The van der Waals surface area contributed by atoms with E-state index in [1.165, 1.54) is 4.90 Å². The molecule has 1 heterocycles. The number of nitrogens with two attached hydrogens (primary N) is 2. The zero-order chi connectivity index (χ0) is 25.5. The second-order valence-corrected chi connectivity index (χ2v) is 9.62. The van der Waals surface area contributed by atoms with Gasteiger partial charge < -0.3 is 21.7 Å². The minimum atomic E-state index is -0.922. The molecule has 1 atom stereocenters. The fraction of sp³-hybridized carbons (Fsp3) is 0.308. The van der Waals surface area contributed by atoms with Crippen molar-refractivity contribution in [3.05, 3.63) is 81.9 Å². The smallest absolute Gasteiger partial charge is 0.270 e. The maximum Gasteiger partial charge on any atom is 0.270 e. The van der Waals surface area contributed by atoms with Crippen LogP contribution in [0.15, 0.2) is 54.6 Å². The first-order valence-electron chi connectivity index (χ1n) is 11.4. The van der Waals surface area contributed by atoms with Crippen LogP contribution >= 0.6 is 11.5 Å². The van der Waals surface area contributed by atoms with Gasteiger partial charge in [0, 0.05) is 13.1 Å². The van der Waals surface area contributed by atoms with E-state index < -0.39 is 17.9 Å². The second-order valence-electron chi connectivity index (χ2n) is 8.84. The van der Waals surface area contributed by atoms with Crippen molar-refractivity contribution in [1.29, 1.82) is 0 Å². The predicted octanol–water partition coefficient (Wildman–Crippen LogP) is 3.68. The minimum absolute atomic E-state index is 0.0711. The Hall–Kier alpha value is -3.72. The number of aryl methyl sites for hydroxylation is 1. The number of nitrogens with one attached hydrogen (secondary N) is 1. The third-order valence-corrected chi connectivity index (χ3v) is 6.44. The zero-order valence-corrected chi connectivity index (χ0v) is 21.0. The summed E-state index contributed by atoms with van der Waals surface area (Å²) in [4.78, 5) is 40.6. The van der Waals surface area contributed by atoms with Gasteiger partial charge in [-0.25, -0.2) is 0 Å². The number of anilines is 1. The van der Waals surface area contributed by atoms with Gasteiger partial charge in [-0.1, -0.05) is 74.0 Å². The van der Waals surface area contributed by atoms with Crippen molar-refractivity contribution in [3.8, 4) is 0 Å². The molecule has 0 unspecified atom stereocenters. The third-order valence-electron chi connectivity index (χ3n) is 5.59. The van der Waals surface area contributed by atoms with Gasteiger partial charge in [0.2, 0.25) is 5.91 Å². The number of primary amides is 1. The molecule has 0 aliphatic rings. The number of nitrogen functional groups attached to an aromatic ring is 1. The molecular weight excluding hydrogens is 462 g/mol. The van der Waals surface area contributed by atoms with Gasteiger partial charge in [-0.15, -0.1) is 0 Å². The molecule has 0 spiro atoms. The Morgan fingerprint density at radius 1 is 1.06 bits per heavy atom. The number of nitrogens with zero attached hydrogens (tertiary/aromatic N) is 2. The molecule has 3 aromatic rings. The Kier molecular flexibility index (Phi) is 8.59. The van der Waals surface area contributed by atoms with E-state index in [1.54, 1.807) is 0 Å². The number of hydrogen-bond acceptors (Lipinski definition) is 6. The number of rotatable bonds is 10. The summed E-state index contributed by atoms with van der Waals surface area (Å²) in [5.74, 6) is -1.19. The average Bonchev–Trinajstić information content (AvgIpc) is 3.21. The molecular formula is C26H31N5O3S. The van der Waals surface area contributed by atoms with Crippen LogP contribution in [0, 0.1) is 12.8 Å².